The summed E-state index contributed by atoms with van der Waals surface area (Å²) in [5.41, 5.74) is 0.325. The van der Waals surface area contributed by atoms with Crippen molar-refractivity contribution in [1.29, 1.82) is 0 Å². The zero-order valence-corrected chi connectivity index (χ0v) is 8.36. The van der Waals surface area contributed by atoms with E-state index in [1.807, 2.05) is 0 Å². The zero-order chi connectivity index (χ0) is 11.6. The van der Waals surface area contributed by atoms with Crippen LogP contribution in [-0.4, -0.2) is 0 Å². The van der Waals surface area contributed by atoms with Gasteiger partial charge in [-0.3, -0.25) is 0 Å². The molecule has 0 bridgehead atoms. The Bertz CT molecular complexity index is 400. The molecule has 1 aromatic carbocycles. The summed E-state index contributed by atoms with van der Waals surface area (Å²) in [6, 6.07) is 4.09. The van der Waals surface area contributed by atoms with Crippen LogP contribution in [0.4, 0.5) is 13.2 Å². The second-order valence-electron chi connectivity index (χ2n) is 3.29. The average Bonchev–Trinajstić information content (AvgIpc) is 2.15. The standard InChI is InChI=1S/C12H11F3/c1-4-9-5-6-10(8(2)3)11(7-9)12(13,14)15/h4-7H,1-2H2,3H3. The predicted molar refractivity (Wildman–Crippen MR) is 56.2 cm³/mol. The maximum atomic E-state index is 12.6. The fraction of sp³-hybridized carbons (Fsp3) is 0.167. The van der Waals surface area contributed by atoms with Crippen molar-refractivity contribution in [3.05, 3.63) is 48.0 Å². The smallest absolute Gasteiger partial charge is 0.166 e. The Morgan fingerprint density at radius 1 is 1.33 bits per heavy atom. The van der Waals surface area contributed by atoms with E-state index in [0.717, 1.165) is 6.07 Å². The van der Waals surface area contributed by atoms with Crippen molar-refractivity contribution in [2.24, 2.45) is 0 Å². The normalized spacial score (nSPS) is 11.2. The molecule has 0 saturated carbocycles. The Balaban J connectivity index is 3.42. The van der Waals surface area contributed by atoms with Crippen LogP contribution in [0.5, 0.6) is 0 Å². The summed E-state index contributed by atoms with van der Waals surface area (Å²) in [7, 11) is 0. The number of hydrogen-bond donors (Lipinski definition) is 0. The first-order valence-electron chi connectivity index (χ1n) is 4.36. The van der Waals surface area contributed by atoms with Crippen LogP contribution in [-0.2, 0) is 6.18 Å². The first-order chi connectivity index (χ1) is 6.86. The van der Waals surface area contributed by atoms with Gasteiger partial charge in [-0.1, -0.05) is 36.9 Å². The third-order valence-electron chi connectivity index (χ3n) is 2.04. The molecule has 0 N–H and O–H groups in total. The van der Waals surface area contributed by atoms with E-state index in [-0.39, 0.29) is 5.56 Å². The number of allylic oxidation sites excluding steroid dienone is 1. The van der Waals surface area contributed by atoms with Crippen molar-refractivity contribution in [1.82, 2.24) is 0 Å². The molecule has 80 valence electrons. The van der Waals surface area contributed by atoms with E-state index in [9.17, 15) is 13.2 Å². The van der Waals surface area contributed by atoms with Gasteiger partial charge in [-0.2, -0.15) is 13.2 Å². The van der Waals surface area contributed by atoms with Gasteiger partial charge in [-0.25, -0.2) is 0 Å². The van der Waals surface area contributed by atoms with Gasteiger partial charge in [0.1, 0.15) is 0 Å². The number of alkyl halides is 3. The third-order valence-corrected chi connectivity index (χ3v) is 2.04. The molecule has 0 unspecified atom stereocenters. The summed E-state index contributed by atoms with van der Waals surface area (Å²) in [4.78, 5) is 0. The molecule has 0 aliphatic carbocycles. The van der Waals surface area contributed by atoms with Gasteiger partial charge in [0.05, 0.1) is 5.56 Å². The molecule has 1 rings (SSSR count). The van der Waals surface area contributed by atoms with E-state index in [2.05, 4.69) is 13.2 Å². The van der Waals surface area contributed by atoms with Gasteiger partial charge >= 0.3 is 6.18 Å². The molecule has 1 aromatic rings. The van der Waals surface area contributed by atoms with E-state index in [0.29, 0.717) is 11.1 Å². The van der Waals surface area contributed by atoms with Gasteiger partial charge in [0.25, 0.3) is 0 Å². The number of rotatable bonds is 2. The Morgan fingerprint density at radius 2 is 1.93 bits per heavy atom. The van der Waals surface area contributed by atoms with E-state index >= 15 is 0 Å². The van der Waals surface area contributed by atoms with E-state index in [1.165, 1.54) is 12.1 Å². The molecule has 0 aliphatic heterocycles. The Morgan fingerprint density at radius 3 is 2.33 bits per heavy atom. The maximum absolute atomic E-state index is 12.6. The van der Waals surface area contributed by atoms with Crippen LogP contribution in [0.2, 0.25) is 0 Å². The summed E-state index contributed by atoms with van der Waals surface area (Å²) in [6.07, 6.45) is -2.97. The molecule has 0 heterocycles. The van der Waals surface area contributed by atoms with Gasteiger partial charge in [0.15, 0.2) is 0 Å². The Kier molecular flexibility index (Phi) is 3.03. The van der Waals surface area contributed by atoms with Gasteiger partial charge in [0, 0.05) is 0 Å². The van der Waals surface area contributed by atoms with Gasteiger partial charge in [0.2, 0.25) is 0 Å². The monoisotopic (exact) mass is 212 g/mol. The third kappa shape index (κ3) is 2.49. The minimum Gasteiger partial charge on any atom is -0.166 e. The van der Waals surface area contributed by atoms with E-state index in [1.54, 1.807) is 13.0 Å². The highest BCUT2D eigenvalue weighted by Gasteiger charge is 2.33. The van der Waals surface area contributed by atoms with Crippen molar-refractivity contribution in [2.45, 2.75) is 13.1 Å². The van der Waals surface area contributed by atoms with Crippen LogP contribution in [0.25, 0.3) is 11.6 Å². The van der Waals surface area contributed by atoms with Crippen LogP contribution in [0.15, 0.2) is 31.4 Å². The second-order valence-corrected chi connectivity index (χ2v) is 3.29. The molecular weight excluding hydrogens is 201 g/mol. The van der Waals surface area contributed by atoms with Crippen molar-refractivity contribution < 1.29 is 13.2 Å². The highest BCUT2D eigenvalue weighted by atomic mass is 19.4. The quantitative estimate of drug-likeness (QED) is 0.682. The minimum absolute atomic E-state index is 0.133. The highest BCUT2D eigenvalue weighted by molar-refractivity contribution is 5.67. The van der Waals surface area contributed by atoms with Crippen molar-refractivity contribution in [2.75, 3.05) is 0 Å². The van der Waals surface area contributed by atoms with Crippen molar-refractivity contribution in [3.8, 4) is 0 Å². The van der Waals surface area contributed by atoms with Gasteiger partial charge in [-0.05, 0) is 24.1 Å². The SMILES string of the molecule is C=Cc1ccc(C(=C)C)c(C(F)(F)F)c1. The number of benzene rings is 1. The molecule has 15 heavy (non-hydrogen) atoms. The van der Waals surface area contributed by atoms with Crippen LogP contribution in [0, 0.1) is 0 Å². The van der Waals surface area contributed by atoms with Crippen molar-refractivity contribution >= 4 is 11.6 Å². The molecule has 0 aliphatic rings. The highest BCUT2D eigenvalue weighted by Crippen LogP contribution is 2.35. The summed E-state index contributed by atoms with van der Waals surface area (Å²) in [6.45, 7) is 8.52. The second kappa shape index (κ2) is 3.93. The molecule has 0 radical (unpaired) electrons. The molecule has 0 nitrogen and oxygen atoms in total. The molecule has 0 saturated heterocycles. The Hall–Kier alpha value is -1.51. The molecule has 0 spiro atoms. The molecule has 0 fully saturated rings. The Labute approximate surface area is 86.7 Å². The lowest BCUT2D eigenvalue weighted by Gasteiger charge is -2.13. The van der Waals surface area contributed by atoms with E-state index in [4.69, 9.17) is 0 Å². The van der Waals surface area contributed by atoms with Crippen molar-refractivity contribution in [3.63, 3.8) is 0 Å². The predicted octanol–water partition coefficient (Wildman–Crippen LogP) is 4.38. The van der Waals surface area contributed by atoms with Gasteiger partial charge in [-0.15, -0.1) is 0 Å². The molecule has 3 heteroatoms. The zero-order valence-electron chi connectivity index (χ0n) is 8.36. The fourth-order valence-electron chi connectivity index (χ4n) is 1.30. The largest absolute Gasteiger partial charge is 0.417 e. The molecule has 0 amide bonds. The van der Waals surface area contributed by atoms with E-state index < -0.39 is 11.7 Å². The lowest BCUT2D eigenvalue weighted by atomic mass is 9.99. The summed E-state index contributed by atoms with van der Waals surface area (Å²) in [5.74, 6) is 0. The lowest BCUT2D eigenvalue weighted by molar-refractivity contribution is -0.137. The fourth-order valence-corrected chi connectivity index (χ4v) is 1.30. The molecular formula is C12H11F3. The van der Waals surface area contributed by atoms with Crippen LogP contribution in [0.1, 0.15) is 23.6 Å². The average molecular weight is 212 g/mol. The lowest BCUT2D eigenvalue weighted by Crippen LogP contribution is -2.08. The first-order valence-corrected chi connectivity index (χ1v) is 4.36. The summed E-state index contributed by atoms with van der Waals surface area (Å²) >= 11 is 0. The molecule has 0 atom stereocenters. The number of halogens is 3. The van der Waals surface area contributed by atoms with Crippen LogP contribution >= 0.6 is 0 Å². The maximum Gasteiger partial charge on any atom is 0.417 e. The van der Waals surface area contributed by atoms with Gasteiger partial charge < -0.3 is 0 Å². The minimum atomic E-state index is -4.35. The van der Waals surface area contributed by atoms with Crippen LogP contribution in [0.3, 0.4) is 0 Å². The molecule has 0 aromatic heterocycles. The van der Waals surface area contributed by atoms with Crippen LogP contribution < -0.4 is 0 Å². The summed E-state index contributed by atoms with van der Waals surface area (Å²) in [5, 5.41) is 0. The summed E-state index contributed by atoms with van der Waals surface area (Å²) < 4.78 is 37.9. The number of hydrogen-bond acceptors (Lipinski definition) is 0. The first kappa shape index (κ1) is 11.6. The topological polar surface area (TPSA) is 0 Å².